The predicted octanol–water partition coefficient (Wildman–Crippen LogP) is 4.17. The minimum atomic E-state index is -0.938. The molecule has 0 amide bonds. The highest BCUT2D eigenvalue weighted by Crippen LogP contribution is 2.30. The number of hydrogen-bond donors (Lipinski definition) is 1. The van der Waals surface area contributed by atoms with E-state index in [-0.39, 0.29) is 5.56 Å². The van der Waals surface area contributed by atoms with E-state index in [9.17, 15) is 4.79 Å². The Morgan fingerprint density at radius 1 is 1.16 bits per heavy atom. The van der Waals surface area contributed by atoms with Gasteiger partial charge in [-0.15, -0.1) is 0 Å². The fourth-order valence-corrected chi connectivity index (χ4v) is 2.65. The summed E-state index contributed by atoms with van der Waals surface area (Å²) in [5, 5.41) is 17.8. The van der Waals surface area contributed by atoms with E-state index in [0.29, 0.717) is 5.56 Å². The van der Waals surface area contributed by atoms with Crippen LogP contribution in [0.2, 0.25) is 0 Å². The normalized spacial score (nSPS) is 9.89. The van der Waals surface area contributed by atoms with Gasteiger partial charge in [0.2, 0.25) is 0 Å². The predicted molar refractivity (Wildman–Crippen MR) is 76.4 cm³/mol. The number of halogens is 1. The Kier molecular flexibility index (Phi) is 4.25. The fraction of sp³-hybridized carbons (Fsp3) is 0. The lowest BCUT2D eigenvalue weighted by molar-refractivity contribution is 0.0697. The third-order valence-electron chi connectivity index (χ3n) is 2.40. The third kappa shape index (κ3) is 3.37. The highest BCUT2D eigenvalue weighted by Gasteiger charge is 2.05. The topological polar surface area (TPSA) is 61.1 Å². The lowest BCUT2D eigenvalue weighted by Crippen LogP contribution is -1.94. The monoisotopic (exact) mass is 333 g/mol. The van der Waals surface area contributed by atoms with Crippen LogP contribution in [0.5, 0.6) is 0 Å². The first-order chi connectivity index (χ1) is 9.10. The molecule has 0 saturated carbocycles. The lowest BCUT2D eigenvalue weighted by Gasteiger charge is -2.03. The Hall–Kier alpha value is -1.77. The second kappa shape index (κ2) is 5.91. The van der Waals surface area contributed by atoms with Gasteiger partial charge < -0.3 is 5.11 Å². The lowest BCUT2D eigenvalue weighted by atomic mass is 10.2. The van der Waals surface area contributed by atoms with Crippen LogP contribution in [0.25, 0.3) is 0 Å². The standard InChI is InChI=1S/C14H8BrNO2S/c15-13-6-5-12(7-10(13)8-16)19-11-3-1-9(2-4-11)14(17)18/h1-7H,(H,17,18). The molecule has 19 heavy (non-hydrogen) atoms. The zero-order valence-electron chi connectivity index (χ0n) is 9.63. The Morgan fingerprint density at radius 3 is 2.37 bits per heavy atom. The van der Waals surface area contributed by atoms with Crippen molar-refractivity contribution < 1.29 is 9.90 Å². The van der Waals surface area contributed by atoms with Crippen molar-refractivity contribution in [2.24, 2.45) is 0 Å². The highest BCUT2D eigenvalue weighted by atomic mass is 79.9. The highest BCUT2D eigenvalue weighted by molar-refractivity contribution is 9.10. The second-order valence-electron chi connectivity index (χ2n) is 3.69. The molecule has 0 aliphatic heterocycles. The number of aromatic carboxylic acids is 1. The largest absolute Gasteiger partial charge is 0.478 e. The van der Waals surface area contributed by atoms with Crippen molar-refractivity contribution in [3.05, 3.63) is 58.1 Å². The van der Waals surface area contributed by atoms with Gasteiger partial charge in [0.05, 0.1) is 11.1 Å². The second-order valence-corrected chi connectivity index (χ2v) is 5.69. The molecular formula is C14H8BrNO2S. The summed E-state index contributed by atoms with van der Waals surface area (Å²) in [6, 6.07) is 14.3. The van der Waals surface area contributed by atoms with Crippen LogP contribution in [-0.2, 0) is 0 Å². The molecule has 0 aliphatic carbocycles. The van der Waals surface area contributed by atoms with Crippen LogP contribution in [0, 0.1) is 11.3 Å². The van der Waals surface area contributed by atoms with Gasteiger partial charge in [-0.25, -0.2) is 4.79 Å². The van der Waals surface area contributed by atoms with Crippen molar-refractivity contribution in [3.63, 3.8) is 0 Å². The van der Waals surface area contributed by atoms with Crippen molar-refractivity contribution >= 4 is 33.7 Å². The van der Waals surface area contributed by atoms with Gasteiger partial charge in [0.25, 0.3) is 0 Å². The Labute approximate surface area is 123 Å². The van der Waals surface area contributed by atoms with E-state index in [1.165, 1.54) is 11.8 Å². The number of carboxylic acids is 1. The van der Waals surface area contributed by atoms with Gasteiger partial charge in [-0.2, -0.15) is 5.26 Å². The molecule has 94 valence electrons. The van der Waals surface area contributed by atoms with E-state index in [2.05, 4.69) is 22.0 Å². The van der Waals surface area contributed by atoms with Crippen LogP contribution in [-0.4, -0.2) is 11.1 Å². The van der Waals surface area contributed by atoms with Gasteiger partial charge in [-0.05, 0) is 58.4 Å². The molecule has 0 unspecified atom stereocenters. The molecule has 0 bridgehead atoms. The summed E-state index contributed by atoms with van der Waals surface area (Å²) in [6.07, 6.45) is 0. The zero-order chi connectivity index (χ0) is 13.8. The summed E-state index contributed by atoms with van der Waals surface area (Å²) in [6.45, 7) is 0. The van der Waals surface area contributed by atoms with Crippen LogP contribution in [0.3, 0.4) is 0 Å². The first-order valence-corrected chi connectivity index (χ1v) is 6.92. The maximum absolute atomic E-state index is 10.7. The summed E-state index contributed by atoms with van der Waals surface area (Å²) in [5.74, 6) is -0.938. The molecular weight excluding hydrogens is 326 g/mol. The smallest absolute Gasteiger partial charge is 0.335 e. The Bertz CT molecular complexity index is 662. The number of benzene rings is 2. The molecule has 0 fully saturated rings. The van der Waals surface area contributed by atoms with Crippen LogP contribution < -0.4 is 0 Å². The van der Waals surface area contributed by atoms with E-state index in [1.54, 1.807) is 30.3 Å². The molecule has 0 atom stereocenters. The number of rotatable bonds is 3. The van der Waals surface area contributed by atoms with Gasteiger partial charge in [0.15, 0.2) is 0 Å². The number of nitriles is 1. The van der Waals surface area contributed by atoms with Crippen molar-refractivity contribution in [2.45, 2.75) is 9.79 Å². The average Bonchev–Trinajstić information content (AvgIpc) is 2.41. The van der Waals surface area contributed by atoms with Gasteiger partial charge in [-0.1, -0.05) is 11.8 Å². The SMILES string of the molecule is N#Cc1cc(Sc2ccc(C(=O)O)cc2)ccc1Br. The summed E-state index contributed by atoms with van der Waals surface area (Å²) in [5.41, 5.74) is 0.838. The van der Waals surface area contributed by atoms with E-state index in [1.807, 2.05) is 12.1 Å². The van der Waals surface area contributed by atoms with Gasteiger partial charge in [0.1, 0.15) is 6.07 Å². The Morgan fingerprint density at radius 2 is 1.79 bits per heavy atom. The third-order valence-corrected chi connectivity index (χ3v) is 4.08. The summed E-state index contributed by atoms with van der Waals surface area (Å²) in [7, 11) is 0. The van der Waals surface area contributed by atoms with E-state index < -0.39 is 5.97 Å². The van der Waals surface area contributed by atoms with Crippen molar-refractivity contribution in [1.82, 2.24) is 0 Å². The molecule has 0 aliphatic rings. The summed E-state index contributed by atoms with van der Waals surface area (Å²) < 4.78 is 0.764. The molecule has 3 nitrogen and oxygen atoms in total. The van der Waals surface area contributed by atoms with Crippen LogP contribution in [0.4, 0.5) is 0 Å². The number of carbonyl (C=O) groups is 1. The number of nitrogens with zero attached hydrogens (tertiary/aromatic N) is 1. The zero-order valence-corrected chi connectivity index (χ0v) is 12.0. The van der Waals surface area contributed by atoms with Crippen LogP contribution in [0.1, 0.15) is 15.9 Å². The maximum Gasteiger partial charge on any atom is 0.335 e. The fourth-order valence-electron chi connectivity index (χ4n) is 1.46. The van der Waals surface area contributed by atoms with E-state index in [4.69, 9.17) is 10.4 Å². The molecule has 5 heteroatoms. The van der Waals surface area contributed by atoms with Crippen molar-refractivity contribution in [2.75, 3.05) is 0 Å². The molecule has 0 heterocycles. The van der Waals surface area contributed by atoms with Crippen molar-refractivity contribution in [3.8, 4) is 6.07 Å². The van der Waals surface area contributed by atoms with Crippen molar-refractivity contribution in [1.29, 1.82) is 5.26 Å². The first-order valence-electron chi connectivity index (χ1n) is 5.31. The van der Waals surface area contributed by atoms with Crippen LogP contribution >= 0.6 is 27.7 Å². The molecule has 0 radical (unpaired) electrons. The summed E-state index contributed by atoms with van der Waals surface area (Å²) in [4.78, 5) is 12.6. The summed E-state index contributed by atoms with van der Waals surface area (Å²) >= 11 is 4.79. The maximum atomic E-state index is 10.7. The molecule has 2 rings (SSSR count). The quantitative estimate of drug-likeness (QED) is 0.915. The molecule has 1 N–H and O–H groups in total. The average molecular weight is 334 g/mol. The number of carboxylic acid groups (broad SMARTS) is 1. The van der Waals surface area contributed by atoms with Gasteiger partial charge in [0, 0.05) is 14.3 Å². The minimum Gasteiger partial charge on any atom is -0.478 e. The molecule has 2 aromatic carbocycles. The molecule has 0 aromatic heterocycles. The van der Waals surface area contributed by atoms with E-state index in [0.717, 1.165) is 14.3 Å². The van der Waals surface area contributed by atoms with Crippen LogP contribution in [0.15, 0.2) is 56.7 Å². The number of hydrogen-bond acceptors (Lipinski definition) is 3. The minimum absolute atomic E-state index is 0.262. The molecule has 0 saturated heterocycles. The van der Waals surface area contributed by atoms with E-state index >= 15 is 0 Å². The van der Waals surface area contributed by atoms with Gasteiger partial charge in [-0.3, -0.25) is 0 Å². The van der Waals surface area contributed by atoms with Gasteiger partial charge >= 0.3 is 5.97 Å². The molecule has 2 aromatic rings. The molecule has 0 spiro atoms. The first kappa shape index (κ1) is 13.7. The Balaban J connectivity index is 2.22.